The summed E-state index contributed by atoms with van der Waals surface area (Å²) < 4.78 is 39.3. The van der Waals surface area contributed by atoms with Crippen LogP contribution in [-0.2, 0) is 19.3 Å². The summed E-state index contributed by atoms with van der Waals surface area (Å²) in [7, 11) is 0. The summed E-state index contributed by atoms with van der Waals surface area (Å²) >= 11 is 0. The van der Waals surface area contributed by atoms with Crippen LogP contribution in [-0.4, -0.2) is 9.78 Å². The summed E-state index contributed by atoms with van der Waals surface area (Å²) in [6.45, 7) is 1.38. The van der Waals surface area contributed by atoms with Crippen LogP contribution in [0.2, 0.25) is 0 Å². The number of rotatable bonds is 1. The van der Waals surface area contributed by atoms with Crippen molar-refractivity contribution in [1.29, 1.82) is 0 Å². The first-order valence-corrected chi connectivity index (χ1v) is 5.50. The SMILES string of the molecule is FC(F)(F)c1cccc(-n2cc3c(n2)CNC3)c1. The molecule has 3 nitrogen and oxygen atoms in total. The van der Waals surface area contributed by atoms with Gasteiger partial charge in [-0.25, -0.2) is 4.68 Å². The zero-order chi connectivity index (χ0) is 12.8. The highest BCUT2D eigenvalue weighted by atomic mass is 19.4. The van der Waals surface area contributed by atoms with Gasteiger partial charge < -0.3 is 5.32 Å². The number of aromatic nitrogens is 2. The molecule has 0 saturated carbocycles. The predicted molar refractivity (Wildman–Crippen MR) is 59.1 cm³/mol. The molecule has 0 unspecified atom stereocenters. The summed E-state index contributed by atoms with van der Waals surface area (Å²) in [6, 6.07) is 5.17. The van der Waals surface area contributed by atoms with Crippen molar-refractivity contribution in [3.8, 4) is 5.69 Å². The molecule has 1 aliphatic rings. The molecule has 1 aromatic heterocycles. The number of fused-ring (bicyclic) bond motifs is 1. The second kappa shape index (κ2) is 3.84. The quantitative estimate of drug-likeness (QED) is 0.846. The first kappa shape index (κ1) is 11.3. The van der Waals surface area contributed by atoms with Crippen molar-refractivity contribution in [3.05, 3.63) is 47.3 Å². The minimum absolute atomic E-state index is 0.430. The summed E-state index contributed by atoms with van der Waals surface area (Å²) in [5, 5.41) is 7.40. The molecule has 2 heterocycles. The Balaban J connectivity index is 2.01. The average Bonchev–Trinajstić information content (AvgIpc) is 2.88. The Labute approximate surface area is 101 Å². The van der Waals surface area contributed by atoms with Crippen molar-refractivity contribution < 1.29 is 13.2 Å². The van der Waals surface area contributed by atoms with Gasteiger partial charge in [-0.15, -0.1) is 0 Å². The number of alkyl halides is 3. The molecule has 18 heavy (non-hydrogen) atoms. The summed E-state index contributed by atoms with van der Waals surface area (Å²) in [5.41, 5.74) is 1.70. The highest BCUT2D eigenvalue weighted by Gasteiger charge is 2.30. The maximum Gasteiger partial charge on any atom is 0.416 e. The molecule has 1 aromatic carbocycles. The number of hydrogen-bond acceptors (Lipinski definition) is 2. The van der Waals surface area contributed by atoms with Crippen molar-refractivity contribution in [2.24, 2.45) is 0 Å². The molecule has 0 aliphatic carbocycles. The van der Waals surface area contributed by atoms with Gasteiger partial charge in [-0.1, -0.05) is 6.07 Å². The van der Waals surface area contributed by atoms with Crippen molar-refractivity contribution in [2.75, 3.05) is 0 Å². The Bertz CT molecular complexity index is 565. The molecule has 1 aliphatic heterocycles. The van der Waals surface area contributed by atoms with Gasteiger partial charge >= 0.3 is 6.18 Å². The van der Waals surface area contributed by atoms with Gasteiger partial charge in [0.25, 0.3) is 0 Å². The third-order valence-electron chi connectivity index (χ3n) is 2.92. The molecule has 2 aromatic rings. The highest BCUT2D eigenvalue weighted by molar-refractivity contribution is 5.38. The molecule has 0 saturated heterocycles. The average molecular weight is 253 g/mol. The van der Waals surface area contributed by atoms with Gasteiger partial charge in [-0.2, -0.15) is 18.3 Å². The topological polar surface area (TPSA) is 29.9 Å². The number of nitrogens with zero attached hydrogens (tertiary/aromatic N) is 2. The molecular weight excluding hydrogens is 243 g/mol. The molecule has 3 rings (SSSR count). The van der Waals surface area contributed by atoms with Crippen LogP contribution in [0.4, 0.5) is 13.2 Å². The number of halogens is 3. The van der Waals surface area contributed by atoms with Crippen LogP contribution in [0, 0.1) is 0 Å². The minimum atomic E-state index is -4.33. The molecule has 0 radical (unpaired) electrons. The predicted octanol–water partition coefficient (Wildman–Crippen LogP) is 2.49. The molecule has 94 valence electrons. The van der Waals surface area contributed by atoms with Gasteiger partial charge in [0.15, 0.2) is 0 Å². The van der Waals surface area contributed by atoms with E-state index in [2.05, 4.69) is 10.4 Å². The van der Waals surface area contributed by atoms with E-state index in [0.717, 1.165) is 23.4 Å². The van der Waals surface area contributed by atoms with Gasteiger partial charge in [0.2, 0.25) is 0 Å². The zero-order valence-electron chi connectivity index (χ0n) is 9.33. The van der Waals surface area contributed by atoms with Crippen LogP contribution < -0.4 is 5.32 Å². The fraction of sp³-hybridized carbons (Fsp3) is 0.250. The van der Waals surface area contributed by atoms with E-state index in [1.807, 2.05) is 0 Å². The third-order valence-corrected chi connectivity index (χ3v) is 2.92. The fourth-order valence-corrected chi connectivity index (χ4v) is 2.01. The van der Waals surface area contributed by atoms with Crippen LogP contribution in [0.1, 0.15) is 16.8 Å². The molecular formula is C12H10F3N3. The van der Waals surface area contributed by atoms with Crippen LogP contribution in [0.5, 0.6) is 0 Å². The second-order valence-corrected chi connectivity index (χ2v) is 4.20. The minimum Gasteiger partial charge on any atom is -0.307 e. The first-order chi connectivity index (χ1) is 8.54. The van der Waals surface area contributed by atoms with Crippen LogP contribution in [0.15, 0.2) is 30.5 Å². The van der Waals surface area contributed by atoms with Crippen molar-refractivity contribution >= 4 is 0 Å². The number of nitrogens with one attached hydrogen (secondary N) is 1. The Kier molecular flexibility index (Phi) is 2.41. The fourth-order valence-electron chi connectivity index (χ4n) is 2.01. The van der Waals surface area contributed by atoms with E-state index in [1.165, 1.54) is 10.7 Å². The molecule has 0 atom stereocenters. The smallest absolute Gasteiger partial charge is 0.307 e. The number of hydrogen-bond donors (Lipinski definition) is 1. The van der Waals surface area contributed by atoms with Gasteiger partial charge in [0, 0.05) is 24.8 Å². The van der Waals surface area contributed by atoms with Gasteiger partial charge in [0.05, 0.1) is 16.9 Å². The molecule has 1 N–H and O–H groups in total. The Hall–Kier alpha value is -1.82. The van der Waals surface area contributed by atoms with Crippen LogP contribution in [0.25, 0.3) is 5.69 Å². The first-order valence-electron chi connectivity index (χ1n) is 5.50. The van der Waals surface area contributed by atoms with Crippen molar-refractivity contribution in [2.45, 2.75) is 19.3 Å². The summed E-state index contributed by atoms with van der Waals surface area (Å²) in [6.07, 6.45) is -2.56. The summed E-state index contributed by atoms with van der Waals surface area (Å²) in [4.78, 5) is 0. The Morgan fingerprint density at radius 2 is 2.06 bits per heavy atom. The molecule has 0 amide bonds. The van der Waals surface area contributed by atoms with Crippen LogP contribution >= 0.6 is 0 Å². The van der Waals surface area contributed by atoms with Crippen molar-refractivity contribution in [1.82, 2.24) is 15.1 Å². The van der Waals surface area contributed by atoms with E-state index in [4.69, 9.17) is 0 Å². The zero-order valence-corrected chi connectivity index (χ0v) is 9.33. The molecule has 0 spiro atoms. The monoisotopic (exact) mass is 253 g/mol. The van der Waals surface area contributed by atoms with E-state index in [-0.39, 0.29) is 0 Å². The van der Waals surface area contributed by atoms with E-state index in [0.29, 0.717) is 18.8 Å². The maximum absolute atomic E-state index is 12.6. The Morgan fingerprint density at radius 3 is 2.78 bits per heavy atom. The van der Waals surface area contributed by atoms with E-state index >= 15 is 0 Å². The van der Waals surface area contributed by atoms with E-state index in [1.54, 1.807) is 12.3 Å². The van der Waals surface area contributed by atoms with Crippen molar-refractivity contribution in [3.63, 3.8) is 0 Å². The molecule has 0 fully saturated rings. The normalized spacial score (nSPS) is 14.8. The lowest BCUT2D eigenvalue weighted by atomic mass is 10.2. The number of benzene rings is 1. The molecule has 0 bridgehead atoms. The van der Waals surface area contributed by atoms with Crippen LogP contribution in [0.3, 0.4) is 0 Å². The van der Waals surface area contributed by atoms with Gasteiger partial charge in [0.1, 0.15) is 0 Å². The maximum atomic E-state index is 12.6. The van der Waals surface area contributed by atoms with E-state index < -0.39 is 11.7 Å². The Morgan fingerprint density at radius 1 is 1.22 bits per heavy atom. The third kappa shape index (κ3) is 1.88. The summed E-state index contributed by atoms with van der Waals surface area (Å²) in [5.74, 6) is 0. The lowest BCUT2D eigenvalue weighted by molar-refractivity contribution is -0.137. The largest absolute Gasteiger partial charge is 0.416 e. The molecule has 6 heteroatoms. The van der Waals surface area contributed by atoms with E-state index in [9.17, 15) is 13.2 Å². The highest BCUT2D eigenvalue weighted by Crippen LogP contribution is 2.30. The van der Waals surface area contributed by atoms with Gasteiger partial charge in [-0.05, 0) is 18.2 Å². The van der Waals surface area contributed by atoms with Gasteiger partial charge in [-0.3, -0.25) is 0 Å². The lowest BCUT2D eigenvalue weighted by Gasteiger charge is -2.08. The standard InChI is InChI=1S/C12H10F3N3/c13-12(14,15)9-2-1-3-10(4-9)18-7-8-5-16-6-11(8)17-18/h1-4,7,16H,5-6H2. The second-order valence-electron chi connectivity index (χ2n) is 4.20. The lowest BCUT2D eigenvalue weighted by Crippen LogP contribution is -2.07.